The predicted octanol–water partition coefficient (Wildman–Crippen LogP) is 1.98. The molecule has 1 atom stereocenters. The molecule has 0 saturated carbocycles. The SMILES string of the molecule is Cn1c(CNC(=O)C2(C)Oc3ccccc3NC2=O)nc2ccccc21. The van der Waals surface area contributed by atoms with Crippen LogP contribution in [0.15, 0.2) is 48.5 Å². The van der Waals surface area contributed by atoms with Crippen molar-refractivity contribution in [2.45, 2.75) is 19.1 Å². The summed E-state index contributed by atoms with van der Waals surface area (Å²) in [5.74, 6) is 0.141. The normalized spacial score (nSPS) is 18.8. The van der Waals surface area contributed by atoms with Crippen LogP contribution in [-0.4, -0.2) is 27.0 Å². The molecular formula is C19H18N4O3. The quantitative estimate of drug-likeness (QED) is 0.708. The monoisotopic (exact) mass is 350 g/mol. The molecule has 2 amide bonds. The van der Waals surface area contributed by atoms with Gasteiger partial charge in [0.2, 0.25) is 0 Å². The minimum atomic E-state index is -1.64. The van der Waals surface area contributed by atoms with Crippen molar-refractivity contribution in [2.24, 2.45) is 7.05 Å². The Balaban J connectivity index is 1.54. The Morgan fingerprint density at radius 2 is 1.96 bits per heavy atom. The topological polar surface area (TPSA) is 85.3 Å². The standard InChI is InChI=1S/C19H18N4O3/c1-19(18(25)22-13-8-4-6-10-15(13)26-19)17(24)20-11-16-21-12-7-3-5-9-14(12)23(16)2/h3-10H,11H2,1-2H3,(H,20,24)(H,22,25). The summed E-state index contributed by atoms with van der Waals surface area (Å²) in [6.45, 7) is 1.65. The molecule has 2 N–H and O–H groups in total. The zero-order chi connectivity index (χ0) is 18.3. The van der Waals surface area contributed by atoms with Crippen molar-refractivity contribution in [1.82, 2.24) is 14.9 Å². The van der Waals surface area contributed by atoms with Gasteiger partial charge >= 0.3 is 0 Å². The van der Waals surface area contributed by atoms with E-state index in [9.17, 15) is 9.59 Å². The van der Waals surface area contributed by atoms with Gasteiger partial charge in [-0.15, -0.1) is 0 Å². The number of hydrogen-bond donors (Lipinski definition) is 2. The van der Waals surface area contributed by atoms with Crippen LogP contribution in [0.3, 0.4) is 0 Å². The van der Waals surface area contributed by atoms with Crippen LogP contribution in [0.5, 0.6) is 5.75 Å². The van der Waals surface area contributed by atoms with E-state index >= 15 is 0 Å². The highest BCUT2D eigenvalue weighted by Gasteiger charge is 2.47. The van der Waals surface area contributed by atoms with E-state index in [0.29, 0.717) is 17.3 Å². The van der Waals surface area contributed by atoms with Gasteiger partial charge in [-0.25, -0.2) is 4.98 Å². The molecule has 132 valence electrons. The number of nitrogens with one attached hydrogen (secondary N) is 2. The Morgan fingerprint density at radius 3 is 2.77 bits per heavy atom. The third kappa shape index (κ3) is 2.48. The summed E-state index contributed by atoms with van der Waals surface area (Å²) in [7, 11) is 1.89. The number of carbonyl (C=O) groups excluding carboxylic acids is 2. The van der Waals surface area contributed by atoms with Crippen molar-refractivity contribution in [2.75, 3.05) is 5.32 Å². The lowest BCUT2D eigenvalue weighted by Crippen LogP contribution is -2.58. The largest absolute Gasteiger partial charge is 0.466 e. The number of ether oxygens (including phenoxy) is 1. The Labute approximate surface area is 150 Å². The number of fused-ring (bicyclic) bond motifs is 2. The van der Waals surface area contributed by atoms with Crippen molar-refractivity contribution in [1.29, 1.82) is 0 Å². The molecule has 1 aliphatic heterocycles. The van der Waals surface area contributed by atoms with E-state index in [1.807, 2.05) is 35.9 Å². The van der Waals surface area contributed by atoms with E-state index in [-0.39, 0.29) is 6.54 Å². The first kappa shape index (κ1) is 16.1. The van der Waals surface area contributed by atoms with Crippen LogP contribution < -0.4 is 15.4 Å². The maximum absolute atomic E-state index is 12.7. The summed E-state index contributed by atoms with van der Waals surface area (Å²) in [4.78, 5) is 29.6. The Morgan fingerprint density at radius 1 is 1.23 bits per heavy atom. The first-order chi connectivity index (χ1) is 12.5. The molecule has 0 saturated heterocycles. The summed E-state index contributed by atoms with van der Waals surface area (Å²) in [6.07, 6.45) is 0. The van der Waals surface area contributed by atoms with Gasteiger partial charge in [0.25, 0.3) is 17.4 Å². The molecule has 2 heterocycles. The number of rotatable bonds is 3. The molecule has 4 rings (SSSR count). The second-order valence-corrected chi connectivity index (χ2v) is 6.34. The number of carbonyl (C=O) groups is 2. The summed E-state index contributed by atoms with van der Waals surface area (Å²) in [5.41, 5.74) is 0.742. The second kappa shape index (κ2) is 5.87. The van der Waals surface area contributed by atoms with Gasteiger partial charge in [0.05, 0.1) is 23.3 Å². The smallest absolute Gasteiger partial charge is 0.278 e. The van der Waals surface area contributed by atoms with E-state index in [1.54, 1.807) is 24.3 Å². The zero-order valence-corrected chi connectivity index (χ0v) is 14.4. The lowest BCUT2D eigenvalue weighted by atomic mass is 10.0. The zero-order valence-electron chi connectivity index (χ0n) is 14.4. The number of para-hydroxylation sites is 4. The highest BCUT2D eigenvalue weighted by Crippen LogP contribution is 2.33. The van der Waals surface area contributed by atoms with E-state index in [1.165, 1.54) is 6.92 Å². The first-order valence-electron chi connectivity index (χ1n) is 8.27. The minimum absolute atomic E-state index is 0.192. The molecule has 7 nitrogen and oxygen atoms in total. The molecule has 2 aromatic carbocycles. The van der Waals surface area contributed by atoms with Gasteiger partial charge in [0.15, 0.2) is 0 Å². The van der Waals surface area contributed by atoms with Gasteiger partial charge < -0.3 is 19.9 Å². The fourth-order valence-electron chi connectivity index (χ4n) is 3.00. The van der Waals surface area contributed by atoms with Crippen molar-refractivity contribution in [3.63, 3.8) is 0 Å². The number of hydrogen-bond acceptors (Lipinski definition) is 4. The van der Waals surface area contributed by atoms with Gasteiger partial charge in [-0.05, 0) is 31.2 Å². The third-order valence-electron chi connectivity index (χ3n) is 4.60. The molecule has 0 aliphatic carbocycles. The van der Waals surface area contributed by atoms with E-state index in [4.69, 9.17) is 4.74 Å². The van der Waals surface area contributed by atoms with Crippen molar-refractivity contribution in [3.05, 3.63) is 54.4 Å². The van der Waals surface area contributed by atoms with Crippen molar-refractivity contribution in [3.8, 4) is 5.75 Å². The van der Waals surface area contributed by atoms with Gasteiger partial charge in [0, 0.05) is 7.05 Å². The predicted molar refractivity (Wildman–Crippen MR) is 96.7 cm³/mol. The fourth-order valence-corrected chi connectivity index (χ4v) is 3.00. The number of amides is 2. The second-order valence-electron chi connectivity index (χ2n) is 6.34. The minimum Gasteiger partial charge on any atom is -0.466 e. The average molecular weight is 350 g/mol. The molecule has 1 unspecified atom stereocenters. The van der Waals surface area contributed by atoms with Crippen molar-refractivity contribution < 1.29 is 14.3 Å². The molecule has 3 aromatic rings. The Hall–Kier alpha value is -3.35. The van der Waals surface area contributed by atoms with Crippen LogP contribution in [-0.2, 0) is 23.2 Å². The van der Waals surface area contributed by atoms with Crippen LogP contribution in [0.1, 0.15) is 12.7 Å². The summed E-state index contributed by atoms with van der Waals surface area (Å²) in [5, 5.41) is 5.48. The van der Waals surface area contributed by atoms with Gasteiger partial charge in [-0.1, -0.05) is 24.3 Å². The molecule has 1 aliphatic rings. The molecule has 0 bridgehead atoms. The van der Waals surface area contributed by atoms with Crippen LogP contribution in [0.4, 0.5) is 5.69 Å². The number of aromatic nitrogens is 2. The number of anilines is 1. The molecule has 0 radical (unpaired) electrons. The molecule has 0 fully saturated rings. The first-order valence-corrected chi connectivity index (χ1v) is 8.27. The molecule has 7 heteroatoms. The van der Waals surface area contributed by atoms with Crippen molar-refractivity contribution >= 4 is 28.5 Å². The Kier molecular flexibility index (Phi) is 3.64. The molecular weight excluding hydrogens is 332 g/mol. The maximum atomic E-state index is 12.7. The lowest BCUT2D eigenvalue weighted by molar-refractivity contribution is -0.146. The van der Waals surface area contributed by atoms with E-state index < -0.39 is 17.4 Å². The number of aryl methyl sites for hydroxylation is 1. The summed E-state index contributed by atoms with van der Waals surface area (Å²) < 4.78 is 7.63. The summed E-state index contributed by atoms with van der Waals surface area (Å²) in [6, 6.07) is 14.7. The fraction of sp³-hybridized carbons (Fsp3) is 0.211. The van der Waals surface area contributed by atoms with Crippen LogP contribution in [0.2, 0.25) is 0 Å². The summed E-state index contributed by atoms with van der Waals surface area (Å²) >= 11 is 0. The molecule has 1 aromatic heterocycles. The van der Waals surface area contributed by atoms with Crippen LogP contribution in [0.25, 0.3) is 11.0 Å². The molecule has 0 spiro atoms. The number of nitrogens with zero attached hydrogens (tertiary/aromatic N) is 2. The maximum Gasteiger partial charge on any atom is 0.278 e. The number of imidazole rings is 1. The highest BCUT2D eigenvalue weighted by atomic mass is 16.5. The average Bonchev–Trinajstić information content (AvgIpc) is 2.97. The third-order valence-corrected chi connectivity index (χ3v) is 4.60. The van der Waals surface area contributed by atoms with E-state index in [2.05, 4.69) is 15.6 Å². The highest BCUT2D eigenvalue weighted by molar-refractivity contribution is 6.15. The van der Waals surface area contributed by atoms with Crippen LogP contribution in [0, 0.1) is 0 Å². The molecule has 26 heavy (non-hydrogen) atoms. The lowest BCUT2D eigenvalue weighted by Gasteiger charge is -2.33. The van der Waals surface area contributed by atoms with Crippen LogP contribution >= 0.6 is 0 Å². The van der Waals surface area contributed by atoms with E-state index in [0.717, 1.165) is 11.0 Å². The Bertz CT molecular complexity index is 1030. The van der Waals surface area contributed by atoms with Gasteiger partial charge in [-0.2, -0.15) is 0 Å². The van der Waals surface area contributed by atoms with Gasteiger partial charge in [-0.3, -0.25) is 9.59 Å². The van der Waals surface area contributed by atoms with Gasteiger partial charge in [0.1, 0.15) is 11.6 Å². The number of benzene rings is 2.